The smallest absolute Gasteiger partial charge is 0.222 e. The van der Waals surface area contributed by atoms with Gasteiger partial charge in [0.2, 0.25) is 5.88 Å². The van der Waals surface area contributed by atoms with Gasteiger partial charge >= 0.3 is 0 Å². The summed E-state index contributed by atoms with van der Waals surface area (Å²) in [4.78, 5) is 11.2. The van der Waals surface area contributed by atoms with Gasteiger partial charge in [-0.3, -0.25) is 0 Å². The van der Waals surface area contributed by atoms with Crippen LogP contribution in [0.25, 0.3) is 11.3 Å². The number of hydrogen-bond acceptors (Lipinski definition) is 6. The number of ether oxygens (including phenoxy) is 2. The second kappa shape index (κ2) is 5.76. The zero-order valence-electron chi connectivity index (χ0n) is 11.6. The van der Waals surface area contributed by atoms with E-state index in [1.54, 1.807) is 24.6 Å². The molecule has 0 amide bonds. The SMILES string of the molecule is COc1ncccc1-c1csc(N2CCO[C@H](C)C2)n1. The van der Waals surface area contributed by atoms with Gasteiger partial charge in [-0.25, -0.2) is 9.97 Å². The molecule has 0 radical (unpaired) electrons. The summed E-state index contributed by atoms with van der Waals surface area (Å²) < 4.78 is 10.9. The fraction of sp³-hybridized carbons (Fsp3) is 0.429. The first-order valence-corrected chi connectivity index (χ1v) is 7.47. The molecule has 3 rings (SSSR count). The predicted octanol–water partition coefficient (Wildman–Crippen LogP) is 2.44. The average molecular weight is 291 g/mol. The zero-order valence-corrected chi connectivity index (χ0v) is 12.4. The molecule has 1 saturated heterocycles. The van der Waals surface area contributed by atoms with E-state index in [9.17, 15) is 0 Å². The van der Waals surface area contributed by atoms with Crippen LogP contribution < -0.4 is 9.64 Å². The Bertz CT molecular complexity index is 587. The van der Waals surface area contributed by atoms with Crippen LogP contribution in [0.2, 0.25) is 0 Å². The summed E-state index contributed by atoms with van der Waals surface area (Å²) in [5.41, 5.74) is 1.84. The number of thiazole rings is 1. The van der Waals surface area contributed by atoms with Crippen molar-refractivity contribution in [2.24, 2.45) is 0 Å². The second-order valence-electron chi connectivity index (χ2n) is 4.70. The molecule has 106 valence electrons. The third-order valence-electron chi connectivity index (χ3n) is 3.24. The number of hydrogen-bond donors (Lipinski definition) is 0. The maximum atomic E-state index is 5.56. The third-order valence-corrected chi connectivity index (χ3v) is 4.15. The van der Waals surface area contributed by atoms with Gasteiger partial charge in [0.15, 0.2) is 5.13 Å². The third kappa shape index (κ3) is 2.62. The fourth-order valence-corrected chi connectivity index (χ4v) is 3.14. The highest BCUT2D eigenvalue weighted by Crippen LogP contribution is 2.32. The van der Waals surface area contributed by atoms with Gasteiger partial charge in [0.25, 0.3) is 0 Å². The van der Waals surface area contributed by atoms with Crippen LogP contribution in [0, 0.1) is 0 Å². The highest BCUT2D eigenvalue weighted by Gasteiger charge is 2.20. The summed E-state index contributed by atoms with van der Waals surface area (Å²) in [5, 5.41) is 3.08. The lowest BCUT2D eigenvalue weighted by atomic mass is 10.2. The molecule has 0 spiro atoms. The number of morpholine rings is 1. The molecule has 1 fully saturated rings. The minimum absolute atomic E-state index is 0.254. The van der Waals surface area contributed by atoms with Crippen LogP contribution in [0.3, 0.4) is 0 Å². The zero-order chi connectivity index (χ0) is 13.9. The topological polar surface area (TPSA) is 47.5 Å². The first kappa shape index (κ1) is 13.3. The molecule has 20 heavy (non-hydrogen) atoms. The van der Waals surface area contributed by atoms with Crippen molar-refractivity contribution in [2.75, 3.05) is 31.7 Å². The Morgan fingerprint density at radius 2 is 2.40 bits per heavy atom. The minimum atomic E-state index is 0.254. The molecule has 1 aliphatic heterocycles. The molecular formula is C14H17N3O2S. The Balaban J connectivity index is 1.86. The Hall–Kier alpha value is -1.66. The Labute approximate surface area is 122 Å². The van der Waals surface area contributed by atoms with Crippen molar-refractivity contribution in [1.29, 1.82) is 0 Å². The van der Waals surface area contributed by atoms with Gasteiger partial charge in [-0.2, -0.15) is 0 Å². The maximum absolute atomic E-state index is 5.56. The van der Waals surface area contributed by atoms with E-state index in [-0.39, 0.29) is 6.10 Å². The highest BCUT2D eigenvalue weighted by molar-refractivity contribution is 7.14. The standard InChI is InChI=1S/C14H17N3O2S/c1-10-8-17(6-7-19-10)14-16-12(9-20-14)11-4-3-5-15-13(11)18-2/h3-5,9-10H,6-8H2,1-2H3/t10-/m1/s1. The summed E-state index contributed by atoms with van der Waals surface area (Å²) in [6, 6.07) is 3.88. The normalized spacial score (nSPS) is 19.1. The van der Waals surface area contributed by atoms with Crippen molar-refractivity contribution in [2.45, 2.75) is 13.0 Å². The second-order valence-corrected chi connectivity index (χ2v) is 5.54. The number of anilines is 1. The van der Waals surface area contributed by atoms with Crippen LogP contribution in [0.15, 0.2) is 23.7 Å². The molecule has 5 nitrogen and oxygen atoms in total. The Morgan fingerprint density at radius 1 is 1.50 bits per heavy atom. The molecule has 2 aromatic rings. The van der Waals surface area contributed by atoms with Crippen molar-refractivity contribution in [3.8, 4) is 17.1 Å². The van der Waals surface area contributed by atoms with E-state index < -0.39 is 0 Å². The lowest BCUT2D eigenvalue weighted by Gasteiger charge is -2.30. The molecule has 1 atom stereocenters. The molecule has 3 heterocycles. The molecule has 0 aromatic carbocycles. The van der Waals surface area contributed by atoms with Gasteiger partial charge in [0, 0.05) is 24.7 Å². The largest absolute Gasteiger partial charge is 0.481 e. The van der Waals surface area contributed by atoms with Crippen LogP contribution in [0.4, 0.5) is 5.13 Å². The van der Waals surface area contributed by atoms with E-state index in [2.05, 4.69) is 22.2 Å². The molecule has 1 aliphatic rings. The summed E-state index contributed by atoms with van der Waals surface area (Å²) in [6.45, 7) is 4.62. The van der Waals surface area contributed by atoms with E-state index in [1.807, 2.05) is 12.1 Å². The number of pyridine rings is 1. The van der Waals surface area contributed by atoms with Crippen molar-refractivity contribution in [3.05, 3.63) is 23.7 Å². The Kier molecular flexibility index (Phi) is 3.84. The van der Waals surface area contributed by atoms with Gasteiger partial charge < -0.3 is 14.4 Å². The van der Waals surface area contributed by atoms with Crippen molar-refractivity contribution in [3.63, 3.8) is 0 Å². The van der Waals surface area contributed by atoms with Crippen molar-refractivity contribution >= 4 is 16.5 Å². The lowest BCUT2D eigenvalue weighted by Crippen LogP contribution is -2.41. The predicted molar refractivity (Wildman–Crippen MR) is 79.5 cm³/mol. The van der Waals surface area contributed by atoms with Gasteiger partial charge in [-0.15, -0.1) is 11.3 Å². The summed E-state index contributed by atoms with van der Waals surface area (Å²) in [7, 11) is 1.63. The average Bonchev–Trinajstić information content (AvgIpc) is 2.97. The summed E-state index contributed by atoms with van der Waals surface area (Å²) in [6.07, 6.45) is 1.98. The van der Waals surface area contributed by atoms with Crippen molar-refractivity contribution < 1.29 is 9.47 Å². The van der Waals surface area contributed by atoms with Crippen LogP contribution in [0.1, 0.15) is 6.92 Å². The molecule has 0 bridgehead atoms. The van der Waals surface area contributed by atoms with Crippen LogP contribution in [-0.4, -0.2) is 42.9 Å². The first-order chi connectivity index (χ1) is 9.78. The van der Waals surface area contributed by atoms with E-state index in [0.717, 1.165) is 36.1 Å². The van der Waals surface area contributed by atoms with Crippen LogP contribution in [-0.2, 0) is 4.74 Å². The van der Waals surface area contributed by atoms with E-state index in [1.165, 1.54) is 0 Å². The molecule has 0 unspecified atom stereocenters. The Morgan fingerprint density at radius 3 is 3.20 bits per heavy atom. The van der Waals surface area contributed by atoms with Gasteiger partial charge in [-0.05, 0) is 19.1 Å². The lowest BCUT2D eigenvalue weighted by molar-refractivity contribution is 0.0532. The maximum Gasteiger partial charge on any atom is 0.222 e. The molecule has 2 aromatic heterocycles. The monoisotopic (exact) mass is 291 g/mol. The number of rotatable bonds is 3. The molecule has 6 heteroatoms. The number of aromatic nitrogens is 2. The molecular weight excluding hydrogens is 274 g/mol. The number of methoxy groups -OCH3 is 1. The van der Waals surface area contributed by atoms with Gasteiger partial charge in [0.1, 0.15) is 0 Å². The fourth-order valence-electron chi connectivity index (χ4n) is 2.27. The van der Waals surface area contributed by atoms with Gasteiger partial charge in [-0.1, -0.05) is 0 Å². The van der Waals surface area contributed by atoms with Crippen LogP contribution >= 0.6 is 11.3 Å². The highest BCUT2D eigenvalue weighted by atomic mass is 32.1. The molecule has 0 saturated carbocycles. The van der Waals surface area contributed by atoms with E-state index >= 15 is 0 Å². The van der Waals surface area contributed by atoms with Crippen LogP contribution in [0.5, 0.6) is 5.88 Å². The molecule has 0 aliphatic carbocycles. The quantitative estimate of drug-likeness (QED) is 0.869. The summed E-state index contributed by atoms with van der Waals surface area (Å²) in [5.74, 6) is 0.611. The first-order valence-electron chi connectivity index (χ1n) is 6.59. The van der Waals surface area contributed by atoms with Crippen molar-refractivity contribution in [1.82, 2.24) is 9.97 Å². The van der Waals surface area contributed by atoms with E-state index in [4.69, 9.17) is 14.5 Å². The minimum Gasteiger partial charge on any atom is -0.481 e. The molecule has 0 N–H and O–H groups in total. The van der Waals surface area contributed by atoms with E-state index in [0.29, 0.717) is 5.88 Å². The summed E-state index contributed by atoms with van der Waals surface area (Å²) >= 11 is 1.65. The van der Waals surface area contributed by atoms with Gasteiger partial charge in [0.05, 0.1) is 31.1 Å². The number of nitrogens with zero attached hydrogens (tertiary/aromatic N) is 3.